The van der Waals surface area contributed by atoms with E-state index in [4.69, 9.17) is 45.3 Å². The highest BCUT2D eigenvalue weighted by atomic mass is 35.5. The van der Waals surface area contributed by atoms with Gasteiger partial charge in [-0.2, -0.15) is 5.26 Å². The second-order valence-electron chi connectivity index (χ2n) is 8.99. The molecule has 3 N–H and O–H groups in total. The van der Waals surface area contributed by atoms with E-state index in [-0.39, 0.29) is 33.9 Å². The number of nitriles is 1. The molecule has 0 saturated heterocycles. The van der Waals surface area contributed by atoms with Crippen molar-refractivity contribution in [3.8, 4) is 11.8 Å². The zero-order valence-corrected chi connectivity index (χ0v) is 25.3. The predicted molar refractivity (Wildman–Crippen MR) is 162 cm³/mol. The van der Waals surface area contributed by atoms with Gasteiger partial charge in [0.2, 0.25) is 11.0 Å². The van der Waals surface area contributed by atoms with E-state index in [1.165, 1.54) is 30.2 Å². The number of nitrogens with zero attached hydrogens (tertiary/aromatic N) is 4. The van der Waals surface area contributed by atoms with Crippen molar-refractivity contribution in [2.45, 2.75) is 29.5 Å². The van der Waals surface area contributed by atoms with Crippen LogP contribution in [-0.4, -0.2) is 34.8 Å². The van der Waals surface area contributed by atoms with E-state index < -0.39 is 5.92 Å². The number of methoxy groups -OCH3 is 1. The molecule has 9 nitrogen and oxygen atoms in total. The first kappa shape index (κ1) is 29.2. The lowest BCUT2D eigenvalue weighted by molar-refractivity contribution is -0.116. The summed E-state index contributed by atoms with van der Waals surface area (Å²) >= 11 is 21.3. The van der Waals surface area contributed by atoms with Crippen molar-refractivity contribution in [3.05, 3.63) is 79.7 Å². The Labute approximate surface area is 258 Å². The molecule has 0 spiro atoms. The Bertz CT molecular complexity index is 1670. The molecule has 41 heavy (non-hydrogen) atoms. The minimum absolute atomic E-state index is 0.0425. The maximum atomic E-state index is 13.3. The summed E-state index contributed by atoms with van der Waals surface area (Å²) in [6.07, 6.45) is 1.50. The topological polar surface area (TPSA) is 134 Å². The molecule has 0 fully saturated rings. The number of amides is 1. The molecule has 3 aromatic rings. The molecule has 1 aromatic heterocycles. The van der Waals surface area contributed by atoms with Crippen molar-refractivity contribution >= 4 is 80.4 Å². The Kier molecular flexibility index (Phi) is 8.77. The van der Waals surface area contributed by atoms with Crippen molar-refractivity contribution < 1.29 is 14.3 Å². The second-order valence-corrected chi connectivity index (χ2v) is 12.4. The molecule has 2 aliphatic rings. The van der Waals surface area contributed by atoms with Crippen LogP contribution in [-0.2, 0) is 9.59 Å². The first-order valence-corrected chi connectivity index (χ1v) is 15.2. The van der Waals surface area contributed by atoms with Crippen LogP contribution in [0.5, 0.6) is 5.75 Å². The van der Waals surface area contributed by atoms with E-state index >= 15 is 0 Å². The number of thioether (sulfide) groups is 1. The van der Waals surface area contributed by atoms with Crippen LogP contribution in [0.3, 0.4) is 0 Å². The molecule has 1 aliphatic carbocycles. The third-order valence-electron chi connectivity index (χ3n) is 6.56. The number of benzene rings is 2. The van der Waals surface area contributed by atoms with Crippen LogP contribution in [0, 0.1) is 11.3 Å². The van der Waals surface area contributed by atoms with Gasteiger partial charge in [0, 0.05) is 22.7 Å². The average Bonchev–Trinajstić information content (AvgIpc) is 3.41. The van der Waals surface area contributed by atoms with Crippen LogP contribution in [0.1, 0.15) is 30.7 Å². The Morgan fingerprint density at radius 1 is 1.27 bits per heavy atom. The number of anilines is 2. The molecule has 0 saturated carbocycles. The predicted octanol–water partition coefficient (Wildman–Crippen LogP) is 6.54. The number of aromatic nitrogens is 2. The minimum Gasteiger partial charge on any atom is -0.495 e. The summed E-state index contributed by atoms with van der Waals surface area (Å²) in [4.78, 5) is 27.6. The zero-order valence-electron chi connectivity index (χ0n) is 21.4. The van der Waals surface area contributed by atoms with E-state index in [0.717, 1.165) is 0 Å². The van der Waals surface area contributed by atoms with E-state index in [9.17, 15) is 14.9 Å². The van der Waals surface area contributed by atoms with Crippen LogP contribution in [0.15, 0.2) is 63.4 Å². The van der Waals surface area contributed by atoms with Crippen molar-refractivity contribution in [3.63, 3.8) is 0 Å². The lowest BCUT2D eigenvalue weighted by atomic mass is 9.76. The summed E-state index contributed by atoms with van der Waals surface area (Å²) in [5, 5.41) is 22.9. The summed E-state index contributed by atoms with van der Waals surface area (Å²) in [6, 6.07) is 12.2. The number of Topliss-reactive ketones (excluding diaryl/α,β-unsaturated/α-hetero) is 1. The Balaban J connectivity index is 1.43. The molecule has 5 rings (SSSR count). The molecule has 1 atom stereocenters. The highest BCUT2D eigenvalue weighted by Gasteiger charge is 2.42. The summed E-state index contributed by atoms with van der Waals surface area (Å²) in [5.74, 6) is -0.471. The first-order valence-electron chi connectivity index (χ1n) is 12.2. The molecule has 0 radical (unpaired) electrons. The summed E-state index contributed by atoms with van der Waals surface area (Å²) in [7, 11) is 1.50. The van der Waals surface area contributed by atoms with Crippen LogP contribution in [0.4, 0.5) is 10.8 Å². The maximum absolute atomic E-state index is 13.3. The minimum atomic E-state index is -0.751. The van der Waals surface area contributed by atoms with Crippen molar-refractivity contribution in [1.82, 2.24) is 10.2 Å². The van der Waals surface area contributed by atoms with Gasteiger partial charge in [-0.15, -0.1) is 10.2 Å². The van der Waals surface area contributed by atoms with Crippen molar-refractivity contribution in [2.75, 3.05) is 23.1 Å². The fourth-order valence-corrected chi connectivity index (χ4v) is 7.07. The SMILES string of the molecule is COc1ccc(Cl)cc1NC(=O)CSc1nnc(N2C(N)=C(C#N)C(c3cccc(Cl)c3Cl)C3=C2CCCC3=O)s1. The zero-order chi connectivity index (χ0) is 29.3. The normalized spacial score (nSPS) is 16.9. The number of allylic oxidation sites excluding steroid dienone is 3. The number of halogens is 3. The van der Waals surface area contributed by atoms with Gasteiger partial charge in [-0.1, -0.05) is 70.0 Å². The van der Waals surface area contributed by atoms with Gasteiger partial charge in [0.25, 0.3) is 0 Å². The van der Waals surface area contributed by atoms with Gasteiger partial charge in [0.05, 0.1) is 46.2 Å². The Morgan fingerprint density at radius 3 is 2.83 bits per heavy atom. The summed E-state index contributed by atoms with van der Waals surface area (Å²) < 4.78 is 5.78. The Hall–Kier alpha value is -3.27. The van der Waals surface area contributed by atoms with Gasteiger partial charge in [0.15, 0.2) is 10.1 Å². The quantitative estimate of drug-likeness (QED) is 0.274. The fraction of sp³-hybridized carbons (Fsp3) is 0.222. The lowest BCUT2D eigenvalue weighted by Gasteiger charge is -2.38. The molecular weight excluding hydrogens is 627 g/mol. The standard InChI is InChI=1S/C27H21Cl3N6O3S2/c1-39-20-9-8-13(28)10-17(20)33-21(38)12-40-27-35-34-26(41-27)36-18-6-3-7-19(37)23(18)22(15(11-31)25(36)32)14-4-2-5-16(29)24(14)30/h2,4-5,8-10,22H,3,6-7,12,32H2,1H3,(H,33,38). The third-order valence-corrected chi connectivity index (χ3v) is 9.67. The van der Waals surface area contributed by atoms with Crippen LogP contribution >= 0.6 is 57.9 Å². The number of rotatable bonds is 7. The highest BCUT2D eigenvalue weighted by molar-refractivity contribution is 8.01. The van der Waals surface area contributed by atoms with E-state index in [1.54, 1.807) is 41.3 Å². The fourth-order valence-electron chi connectivity index (χ4n) is 4.80. The van der Waals surface area contributed by atoms with Gasteiger partial charge in [-0.25, -0.2) is 0 Å². The maximum Gasteiger partial charge on any atom is 0.234 e. The lowest BCUT2D eigenvalue weighted by Crippen LogP contribution is -2.38. The number of carbonyl (C=O) groups is 2. The Morgan fingerprint density at radius 2 is 2.07 bits per heavy atom. The van der Waals surface area contributed by atoms with Crippen molar-refractivity contribution in [2.24, 2.45) is 5.73 Å². The van der Waals surface area contributed by atoms with Crippen LogP contribution in [0.2, 0.25) is 15.1 Å². The number of ketones is 1. The monoisotopic (exact) mass is 646 g/mol. The second kappa shape index (κ2) is 12.3. The van der Waals surface area contributed by atoms with Gasteiger partial charge in [0.1, 0.15) is 11.6 Å². The van der Waals surface area contributed by atoms with Crippen molar-refractivity contribution in [1.29, 1.82) is 5.26 Å². The molecule has 1 amide bonds. The molecule has 2 heterocycles. The summed E-state index contributed by atoms with van der Waals surface area (Å²) in [5.41, 5.74) is 8.86. The number of carbonyl (C=O) groups excluding carboxylic acids is 2. The molecule has 1 unspecified atom stereocenters. The number of nitrogens with one attached hydrogen (secondary N) is 1. The third kappa shape index (κ3) is 5.76. The molecule has 14 heteroatoms. The van der Waals surface area contributed by atoms with Gasteiger partial charge >= 0.3 is 0 Å². The molecular formula is C27H21Cl3N6O3S2. The number of hydrogen-bond acceptors (Lipinski definition) is 10. The first-order chi connectivity index (χ1) is 19.7. The van der Waals surface area contributed by atoms with Gasteiger partial charge < -0.3 is 15.8 Å². The van der Waals surface area contributed by atoms with E-state index in [1.807, 2.05) is 0 Å². The molecule has 210 valence electrons. The number of ether oxygens (including phenoxy) is 1. The average molecular weight is 648 g/mol. The van der Waals surface area contributed by atoms with Gasteiger partial charge in [-0.05, 0) is 42.7 Å². The largest absolute Gasteiger partial charge is 0.495 e. The molecule has 1 aliphatic heterocycles. The van der Waals surface area contributed by atoms with Crippen LogP contribution < -0.4 is 20.7 Å². The van der Waals surface area contributed by atoms with E-state index in [0.29, 0.717) is 67.0 Å². The molecule has 0 bridgehead atoms. The van der Waals surface area contributed by atoms with Gasteiger partial charge in [-0.3, -0.25) is 14.5 Å². The molecule has 2 aromatic carbocycles. The van der Waals surface area contributed by atoms with Crippen LogP contribution in [0.25, 0.3) is 0 Å². The van der Waals surface area contributed by atoms with E-state index in [2.05, 4.69) is 21.6 Å². The smallest absolute Gasteiger partial charge is 0.234 e. The number of hydrogen-bond donors (Lipinski definition) is 2. The number of nitrogens with two attached hydrogens (primary N) is 1. The highest BCUT2D eigenvalue weighted by Crippen LogP contribution is 2.49. The summed E-state index contributed by atoms with van der Waals surface area (Å²) in [6.45, 7) is 0.